The first-order valence-electron chi connectivity index (χ1n) is 11.2. The Morgan fingerprint density at radius 1 is 0.879 bits per heavy atom. The van der Waals surface area contributed by atoms with Gasteiger partial charge in [0.15, 0.2) is 0 Å². The predicted octanol–water partition coefficient (Wildman–Crippen LogP) is 6.24. The van der Waals surface area contributed by atoms with E-state index in [0.717, 1.165) is 18.6 Å². The van der Waals surface area contributed by atoms with Gasteiger partial charge in [-0.2, -0.15) is 0 Å². The molecular weight excluding hydrogens is 420 g/mol. The van der Waals surface area contributed by atoms with E-state index in [2.05, 4.69) is 14.9 Å². The number of hydrogen-bond donors (Lipinski definition) is 0. The van der Waals surface area contributed by atoms with Gasteiger partial charge in [0.05, 0.1) is 10.9 Å². The van der Waals surface area contributed by atoms with Crippen molar-refractivity contribution in [1.29, 1.82) is 0 Å². The Labute approximate surface area is 191 Å². The fraction of sp³-hybridized carbons (Fsp3) is 0.259. The molecule has 5 rings (SSSR count). The Balaban J connectivity index is 1.42. The summed E-state index contributed by atoms with van der Waals surface area (Å²) in [6.45, 7) is 5.17. The van der Waals surface area contributed by atoms with Gasteiger partial charge in [0.2, 0.25) is 0 Å². The fourth-order valence-electron chi connectivity index (χ4n) is 4.35. The van der Waals surface area contributed by atoms with Gasteiger partial charge in [-0.3, -0.25) is 0 Å². The standard InChI is InChI=1S/C27H25F2N3O/c1-17-3-7-20(8-4-17)33-21-11-13-32(14-12-21)27-25-23(28)10-9-22(26(25)30-16-31-27)19-6-5-18(2)24(29)15-19/h3-10,15-16,21H,11-14H2,1-2H3. The maximum Gasteiger partial charge on any atom is 0.142 e. The summed E-state index contributed by atoms with van der Waals surface area (Å²) < 4.78 is 35.4. The molecule has 1 aromatic heterocycles. The van der Waals surface area contributed by atoms with E-state index in [1.54, 1.807) is 19.1 Å². The van der Waals surface area contributed by atoms with E-state index >= 15 is 4.39 Å². The zero-order valence-corrected chi connectivity index (χ0v) is 18.7. The van der Waals surface area contributed by atoms with Crippen LogP contribution in [0.25, 0.3) is 22.0 Å². The maximum absolute atomic E-state index is 15.0. The summed E-state index contributed by atoms with van der Waals surface area (Å²) in [6, 6.07) is 16.2. The number of anilines is 1. The Kier molecular flexibility index (Phi) is 5.67. The molecular formula is C27H25F2N3O. The van der Waals surface area contributed by atoms with E-state index in [0.29, 0.717) is 46.5 Å². The highest BCUT2D eigenvalue weighted by Crippen LogP contribution is 2.35. The number of ether oxygens (including phenoxy) is 1. The van der Waals surface area contributed by atoms with Crippen LogP contribution < -0.4 is 9.64 Å². The van der Waals surface area contributed by atoms with Crippen LogP contribution in [0.4, 0.5) is 14.6 Å². The van der Waals surface area contributed by atoms with Gasteiger partial charge in [0.1, 0.15) is 35.6 Å². The van der Waals surface area contributed by atoms with Crippen molar-refractivity contribution in [1.82, 2.24) is 9.97 Å². The van der Waals surface area contributed by atoms with E-state index in [-0.39, 0.29) is 17.7 Å². The van der Waals surface area contributed by atoms with Gasteiger partial charge in [-0.05, 0) is 55.3 Å². The fourth-order valence-corrected chi connectivity index (χ4v) is 4.35. The van der Waals surface area contributed by atoms with Gasteiger partial charge < -0.3 is 9.64 Å². The molecule has 1 aliphatic rings. The molecule has 0 bridgehead atoms. The predicted molar refractivity (Wildman–Crippen MR) is 127 cm³/mol. The number of fused-ring (bicyclic) bond motifs is 1. The van der Waals surface area contributed by atoms with E-state index in [9.17, 15) is 4.39 Å². The van der Waals surface area contributed by atoms with Gasteiger partial charge >= 0.3 is 0 Å². The van der Waals surface area contributed by atoms with Crippen molar-refractivity contribution in [3.63, 3.8) is 0 Å². The summed E-state index contributed by atoms with van der Waals surface area (Å²) in [4.78, 5) is 10.9. The topological polar surface area (TPSA) is 38.2 Å². The smallest absolute Gasteiger partial charge is 0.142 e. The molecule has 4 nitrogen and oxygen atoms in total. The van der Waals surface area contributed by atoms with Crippen molar-refractivity contribution >= 4 is 16.7 Å². The van der Waals surface area contributed by atoms with E-state index < -0.39 is 0 Å². The number of nitrogens with zero attached hydrogens (tertiary/aromatic N) is 3. The molecule has 1 fully saturated rings. The SMILES string of the molecule is Cc1ccc(OC2CCN(c3ncnc4c(-c5ccc(C)c(F)c5)ccc(F)c34)CC2)cc1. The molecule has 4 aromatic rings. The lowest BCUT2D eigenvalue weighted by Crippen LogP contribution is -2.38. The third kappa shape index (κ3) is 4.25. The third-order valence-electron chi connectivity index (χ3n) is 6.27. The summed E-state index contributed by atoms with van der Waals surface area (Å²) in [5, 5.41) is 0.369. The Bertz CT molecular complexity index is 1300. The zero-order valence-electron chi connectivity index (χ0n) is 18.7. The molecule has 168 valence electrons. The van der Waals surface area contributed by atoms with Gasteiger partial charge in [-0.15, -0.1) is 0 Å². The minimum absolute atomic E-state index is 0.105. The largest absolute Gasteiger partial charge is 0.490 e. The lowest BCUT2D eigenvalue weighted by molar-refractivity contribution is 0.171. The summed E-state index contributed by atoms with van der Waals surface area (Å²) in [7, 11) is 0. The van der Waals surface area contributed by atoms with Crippen LogP contribution in [0.15, 0.2) is 60.9 Å². The molecule has 0 atom stereocenters. The van der Waals surface area contributed by atoms with Crippen LogP contribution in [0.2, 0.25) is 0 Å². The number of rotatable bonds is 4. The number of piperidine rings is 1. The maximum atomic E-state index is 15.0. The molecule has 0 aliphatic carbocycles. The van der Waals surface area contributed by atoms with Crippen LogP contribution in [0.5, 0.6) is 5.75 Å². The lowest BCUT2D eigenvalue weighted by Gasteiger charge is -2.33. The molecule has 3 aromatic carbocycles. The zero-order chi connectivity index (χ0) is 22.9. The van der Waals surface area contributed by atoms with Crippen LogP contribution in [-0.4, -0.2) is 29.2 Å². The highest BCUT2D eigenvalue weighted by molar-refractivity contribution is 5.99. The molecule has 0 spiro atoms. The van der Waals surface area contributed by atoms with Gasteiger partial charge in [0.25, 0.3) is 0 Å². The van der Waals surface area contributed by atoms with Crippen molar-refractivity contribution < 1.29 is 13.5 Å². The van der Waals surface area contributed by atoms with E-state index in [1.165, 1.54) is 24.0 Å². The Morgan fingerprint density at radius 3 is 2.36 bits per heavy atom. The molecule has 0 amide bonds. The number of benzene rings is 3. The van der Waals surface area contributed by atoms with Crippen molar-refractivity contribution in [3.05, 3.63) is 83.7 Å². The normalized spacial score (nSPS) is 14.6. The first-order valence-corrected chi connectivity index (χ1v) is 11.2. The van der Waals surface area contributed by atoms with Crippen molar-refractivity contribution in [2.45, 2.75) is 32.8 Å². The number of aromatic nitrogens is 2. The molecule has 0 N–H and O–H groups in total. The highest BCUT2D eigenvalue weighted by Gasteiger charge is 2.25. The highest BCUT2D eigenvalue weighted by atomic mass is 19.1. The minimum Gasteiger partial charge on any atom is -0.490 e. The van der Waals surface area contributed by atoms with E-state index in [4.69, 9.17) is 4.74 Å². The third-order valence-corrected chi connectivity index (χ3v) is 6.27. The first kappa shape index (κ1) is 21.3. The molecule has 2 heterocycles. The number of halogens is 2. The van der Waals surface area contributed by atoms with Crippen molar-refractivity contribution in [2.24, 2.45) is 0 Å². The summed E-state index contributed by atoms with van der Waals surface area (Å²) in [5.41, 5.74) is 3.60. The second-order valence-corrected chi connectivity index (χ2v) is 8.60. The minimum atomic E-state index is -0.380. The molecule has 1 saturated heterocycles. The molecule has 0 saturated carbocycles. The average molecular weight is 446 g/mol. The van der Waals surface area contributed by atoms with Gasteiger partial charge in [0, 0.05) is 31.5 Å². The first-order chi connectivity index (χ1) is 16.0. The van der Waals surface area contributed by atoms with Crippen molar-refractivity contribution in [2.75, 3.05) is 18.0 Å². The van der Waals surface area contributed by atoms with Gasteiger partial charge in [-0.25, -0.2) is 18.7 Å². The second kappa shape index (κ2) is 8.77. The van der Waals surface area contributed by atoms with Crippen LogP contribution in [0.3, 0.4) is 0 Å². The molecule has 1 aliphatic heterocycles. The molecule has 0 unspecified atom stereocenters. The van der Waals surface area contributed by atoms with Crippen LogP contribution in [0.1, 0.15) is 24.0 Å². The van der Waals surface area contributed by atoms with Crippen LogP contribution in [-0.2, 0) is 0 Å². The summed E-state index contributed by atoms with van der Waals surface area (Å²) >= 11 is 0. The number of hydrogen-bond acceptors (Lipinski definition) is 4. The van der Waals surface area contributed by atoms with Crippen LogP contribution >= 0.6 is 0 Å². The summed E-state index contributed by atoms with van der Waals surface area (Å²) in [6.07, 6.45) is 3.18. The second-order valence-electron chi connectivity index (χ2n) is 8.60. The van der Waals surface area contributed by atoms with Crippen LogP contribution in [0, 0.1) is 25.5 Å². The monoisotopic (exact) mass is 445 g/mol. The Morgan fingerprint density at radius 2 is 1.64 bits per heavy atom. The average Bonchev–Trinajstić information content (AvgIpc) is 2.83. The van der Waals surface area contributed by atoms with E-state index in [1.807, 2.05) is 37.3 Å². The molecule has 0 radical (unpaired) electrons. The molecule has 33 heavy (non-hydrogen) atoms. The number of aryl methyl sites for hydroxylation is 2. The summed E-state index contributed by atoms with van der Waals surface area (Å²) in [5.74, 6) is 0.762. The van der Waals surface area contributed by atoms with Crippen molar-refractivity contribution in [3.8, 4) is 16.9 Å². The Hall–Kier alpha value is -3.54. The quantitative estimate of drug-likeness (QED) is 0.373. The lowest BCUT2D eigenvalue weighted by atomic mass is 10.00. The van der Waals surface area contributed by atoms with Gasteiger partial charge in [-0.1, -0.05) is 29.8 Å². The molecule has 6 heteroatoms.